The molecule has 18 heteroatoms. The Bertz CT molecular complexity index is 1130. The van der Waals surface area contributed by atoms with Gasteiger partial charge in [-0.1, -0.05) is 0 Å². The van der Waals surface area contributed by atoms with E-state index in [-0.39, 0.29) is 44.7 Å². The van der Waals surface area contributed by atoms with Gasteiger partial charge in [0.1, 0.15) is 30.2 Å². The van der Waals surface area contributed by atoms with Crippen LogP contribution in [0.1, 0.15) is 50.6 Å². The van der Waals surface area contributed by atoms with E-state index in [1.54, 1.807) is 0 Å². The number of amides is 4. The van der Waals surface area contributed by atoms with Crippen molar-refractivity contribution in [2.24, 2.45) is 27.9 Å². The molecule has 14 N–H and O–H groups in total. The zero-order valence-electron chi connectivity index (χ0n) is 24.6. The highest BCUT2D eigenvalue weighted by Gasteiger charge is 2.38. The number of rotatable bonds is 19. The first kappa shape index (κ1) is 35.9. The third kappa shape index (κ3) is 11.4. The average molecular weight is 624 g/mol. The summed E-state index contributed by atoms with van der Waals surface area (Å²) >= 11 is 0. The second-order valence-corrected chi connectivity index (χ2v) is 10.5. The summed E-state index contributed by atoms with van der Waals surface area (Å²) in [7, 11) is 0. The topological polar surface area (TPSA) is 310 Å². The normalized spacial score (nSPS) is 17.2. The number of likely N-dealkylation sites (tertiary alicyclic amines) is 1. The van der Waals surface area contributed by atoms with Gasteiger partial charge in [0.05, 0.1) is 12.9 Å². The number of nitrogens with one attached hydrogen (secondary N) is 4. The van der Waals surface area contributed by atoms with Gasteiger partial charge in [0.25, 0.3) is 0 Å². The number of unbranched alkanes of at least 4 members (excludes halogenated alkanes) is 1. The number of nitrogens with zero attached hydrogens (tertiary/aromatic N) is 3. The number of aliphatic hydroxyl groups excluding tert-OH is 1. The van der Waals surface area contributed by atoms with E-state index < -0.39 is 66.4 Å². The number of carbonyl (C=O) groups excluding carboxylic acids is 4. The van der Waals surface area contributed by atoms with E-state index in [9.17, 15) is 34.2 Å². The molecule has 18 nitrogen and oxygen atoms in total. The van der Waals surface area contributed by atoms with Crippen LogP contribution in [-0.2, 0) is 30.4 Å². The van der Waals surface area contributed by atoms with Gasteiger partial charge in [-0.05, 0) is 51.5 Å². The second-order valence-electron chi connectivity index (χ2n) is 10.5. The summed E-state index contributed by atoms with van der Waals surface area (Å²) in [4.78, 5) is 76.4. The zero-order chi connectivity index (χ0) is 32.6. The number of hydrogen-bond donors (Lipinski definition) is 10. The van der Waals surface area contributed by atoms with Crippen molar-refractivity contribution in [2.75, 3.05) is 26.2 Å². The standard InChI is InChI=1S/C26H45N11O7/c27-8-2-1-5-17(22(40)36-19(25(43)44)11-15-12-31-14-33-15)34-21(39)18(6-3-9-32-26(29)30)35-23(41)20-7-4-10-37(20)24(42)16(28)13-38/h12,14,16-20,38H,1-11,13,27-28H2,(H,31,33)(H,34,39)(H,35,41)(H,36,40)(H,43,44)(H4,29,30,32)/t16-,17-,18-,19-,20-/m0/s1. The largest absolute Gasteiger partial charge is 0.480 e. The van der Waals surface area contributed by atoms with Gasteiger partial charge in [-0.25, -0.2) is 9.78 Å². The highest BCUT2D eigenvalue weighted by Crippen LogP contribution is 2.19. The predicted octanol–water partition coefficient (Wildman–Crippen LogP) is -4.02. The predicted molar refractivity (Wildman–Crippen MR) is 158 cm³/mol. The van der Waals surface area contributed by atoms with E-state index >= 15 is 0 Å². The van der Waals surface area contributed by atoms with Crippen LogP contribution in [0, 0.1) is 0 Å². The minimum absolute atomic E-state index is 0.0649. The Kier molecular flexibility index (Phi) is 15.0. The van der Waals surface area contributed by atoms with Gasteiger partial charge in [0.2, 0.25) is 23.6 Å². The first-order valence-electron chi connectivity index (χ1n) is 14.5. The average Bonchev–Trinajstić information content (AvgIpc) is 3.69. The molecule has 1 fully saturated rings. The molecule has 1 aliphatic rings. The Morgan fingerprint density at radius 2 is 1.70 bits per heavy atom. The van der Waals surface area contributed by atoms with Crippen molar-refractivity contribution in [1.29, 1.82) is 0 Å². The number of carboxylic acids is 1. The smallest absolute Gasteiger partial charge is 0.326 e. The van der Waals surface area contributed by atoms with Crippen LogP contribution < -0.4 is 38.9 Å². The van der Waals surface area contributed by atoms with Gasteiger partial charge >= 0.3 is 5.97 Å². The molecule has 0 aromatic carbocycles. The number of aliphatic imine (C=N–C) groups is 1. The number of carboxylic acid groups (broad SMARTS) is 1. The molecule has 1 aromatic heterocycles. The molecule has 0 aliphatic carbocycles. The van der Waals surface area contributed by atoms with Crippen LogP contribution in [0.15, 0.2) is 17.5 Å². The van der Waals surface area contributed by atoms with E-state index in [2.05, 4.69) is 30.9 Å². The molecule has 0 spiro atoms. The van der Waals surface area contributed by atoms with E-state index in [0.717, 1.165) is 0 Å². The Labute approximate surface area is 254 Å². The summed E-state index contributed by atoms with van der Waals surface area (Å²) in [6.45, 7) is 0.186. The van der Waals surface area contributed by atoms with Gasteiger partial charge in [0.15, 0.2) is 5.96 Å². The number of hydrogen-bond acceptors (Lipinski definition) is 10. The third-order valence-corrected chi connectivity index (χ3v) is 7.10. The van der Waals surface area contributed by atoms with Crippen LogP contribution >= 0.6 is 0 Å². The van der Waals surface area contributed by atoms with Gasteiger partial charge in [0, 0.05) is 31.4 Å². The summed E-state index contributed by atoms with van der Waals surface area (Å²) in [5, 5.41) is 26.8. The third-order valence-electron chi connectivity index (χ3n) is 7.10. The zero-order valence-corrected chi connectivity index (χ0v) is 24.6. The second kappa shape index (κ2) is 18.4. The van der Waals surface area contributed by atoms with Crippen molar-refractivity contribution < 1.29 is 34.2 Å². The Morgan fingerprint density at radius 1 is 1.05 bits per heavy atom. The van der Waals surface area contributed by atoms with Crippen LogP contribution in [0.4, 0.5) is 0 Å². The fourth-order valence-corrected chi connectivity index (χ4v) is 4.76. The number of aromatic nitrogens is 2. The minimum Gasteiger partial charge on any atom is -0.480 e. The lowest BCUT2D eigenvalue weighted by Gasteiger charge is -2.28. The molecule has 5 atom stereocenters. The molecule has 246 valence electrons. The molecule has 1 saturated heterocycles. The minimum atomic E-state index is -1.30. The molecule has 2 heterocycles. The van der Waals surface area contributed by atoms with E-state index in [1.165, 1.54) is 17.4 Å². The van der Waals surface area contributed by atoms with Crippen molar-refractivity contribution in [1.82, 2.24) is 30.8 Å². The van der Waals surface area contributed by atoms with Crippen molar-refractivity contribution >= 4 is 35.6 Å². The van der Waals surface area contributed by atoms with Crippen molar-refractivity contribution in [2.45, 2.75) is 81.6 Å². The molecule has 1 aliphatic heterocycles. The van der Waals surface area contributed by atoms with Crippen LogP contribution in [-0.4, -0.2) is 117 Å². The molecule has 44 heavy (non-hydrogen) atoms. The molecular weight excluding hydrogens is 578 g/mol. The lowest BCUT2D eigenvalue weighted by Crippen LogP contribution is -2.58. The number of nitrogens with two attached hydrogens (primary N) is 4. The first-order valence-corrected chi connectivity index (χ1v) is 14.5. The van der Waals surface area contributed by atoms with Crippen LogP contribution in [0.3, 0.4) is 0 Å². The number of aromatic amines is 1. The molecule has 0 unspecified atom stereocenters. The summed E-state index contributed by atoms with van der Waals surface area (Å²) in [5.41, 5.74) is 22.5. The molecule has 0 saturated carbocycles. The van der Waals surface area contributed by atoms with E-state index in [0.29, 0.717) is 37.9 Å². The van der Waals surface area contributed by atoms with Gasteiger partial charge in [-0.3, -0.25) is 24.2 Å². The maximum absolute atomic E-state index is 13.5. The maximum atomic E-state index is 13.5. The quantitative estimate of drug-likeness (QED) is 0.0400. The molecule has 2 rings (SSSR count). The number of carbonyl (C=O) groups is 5. The summed E-state index contributed by atoms with van der Waals surface area (Å²) in [6, 6.07) is -5.68. The molecule has 0 radical (unpaired) electrons. The lowest BCUT2D eigenvalue weighted by atomic mass is 10.0. The monoisotopic (exact) mass is 623 g/mol. The maximum Gasteiger partial charge on any atom is 0.326 e. The number of guanidine groups is 1. The molecule has 1 aromatic rings. The fourth-order valence-electron chi connectivity index (χ4n) is 4.76. The number of H-pyrrole nitrogens is 1. The number of aliphatic carboxylic acids is 1. The van der Waals surface area contributed by atoms with Crippen molar-refractivity contribution in [3.8, 4) is 0 Å². The highest BCUT2D eigenvalue weighted by atomic mass is 16.4. The Hall–Kier alpha value is -4.29. The van der Waals surface area contributed by atoms with Crippen LogP contribution in [0.25, 0.3) is 0 Å². The Morgan fingerprint density at radius 3 is 2.30 bits per heavy atom. The first-order chi connectivity index (χ1) is 21.0. The van der Waals surface area contributed by atoms with E-state index in [4.69, 9.17) is 22.9 Å². The number of aliphatic hydroxyl groups is 1. The van der Waals surface area contributed by atoms with Gasteiger partial charge in [-0.2, -0.15) is 0 Å². The summed E-state index contributed by atoms with van der Waals surface area (Å²) in [6.07, 6.45) is 5.15. The van der Waals surface area contributed by atoms with E-state index in [1.807, 2.05) is 0 Å². The van der Waals surface area contributed by atoms with Crippen LogP contribution in [0.5, 0.6) is 0 Å². The van der Waals surface area contributed by atoms with Crippen LogP contribution in [0.2, 0.25) is 0 Å². The number of imidazole rings is 1. The SMILES string of the molecule is NCCCC[C@H](NC(=O)[C@H](CCCN=C(N)N)NC(=O)[C@@H]1CCCN1C(=O)[C@@H](N)CO)C(=O)N[C@@H](Cc1cnc[nH]1)C(=O)O. The Balaban J connectivity index is 2.21. The lowest BCUT2D eigenvalue weighted by molar-refractivity contribution is -0.142. The molecular formula is C26H45N11O7. The molecule has 0 bridgehead atoms. The van der Waals surface area contributed by atoms with Gasteiger partial charge < -0.3 is 59.0 Å². The highest BCUT2D eigenvalue weighted by molar-refractivity contribution is 5.95. The van der Waals surface area contributed by atoms with Crippen molar-refractivity contribution in [3.05, 3.63) is 18.2 Å². The molecule has 4 amide bonds. The fraction of sp³-hybridized carbons (Fsp3) is 0.654. The van der Waals surface area contributed by atoms with Gasteiger partial charge in [-0.15, -0.1) is 0 Å². The van der Waals surface area contributed by atoms with Crippen molar-refractivity contribution in [3.63, 3.8) is 0 Å². The summed E-state index contributed by atoms with van der Waals surface area (Å²) < 4.78 is 0. The summed E-state index contributed by atoms with van der Waals surface area (Å²) in [5.74, 6) is -4.02.